The van der Waals surface area contributed by atoms with Gasteiger partial charge in [-0.2, -0.15) is 0 Å². The van der Waals surface area contributed by atoms with Gasteiger partial charge in [0.1, 0.15) is 24.3 Å². The molecule has 0 aromatic heterocycles. The van der Waals surface area contributed by atoms with Crippen LogP contribution in [-0.2, 0) is 0 Å². The topological polar surface area (TPSA) is 69.9 Å². The third kappa shape index (κ3) is 5.00. The number of halogens is 2. The number of rotatable bonds is 8. The van der Waals surface area contributed by atoms with Gasteiger partial charge in [0.25, 0.3) is 0 Å². The van der Waals surface area contributed by atoms with Gasteiger partial charge >= 0.3 is 0 Å². The highest BCUT2D eigenvalue weighted by Crippen LogP contribution is 2.19. The van der Waals surface area contributed by atoms with Crippen LogP contribution in [0.15, 0.2) is 24.3 Å². The van der Waals surface area contributed by atoms with Crippen LogP contribution in [0.25, 0.3) is 0 Å². The first-order chi connectivity index (χ1) is 9.08. The van der Waals surface area contributed by atoms with E-state index < -0.39 is 31.7 Å². The molecule has 0 fully saturated rings. The van der Waals surface area contributed by atoms with Crippen molar-refractivity contribution in [1.29, 1.82) is 0 Å². The van der Waals surface area contributed by atoms with Crippen molar-refractivity contribution in [3.63, 3.8) is 0 Å². The molecule has 0 aliphatic rings. The van der Waals surface area contributed by atoms with Crippen molar-refractivity contribution >= 4 is 0 Å². The van der Waals surface area contributed by atoms with Gasteiger partial charge in [-0.3, -0.25) is 4.39 Å². The lowest BCUT2D eigenvalue weighted by Crippen LogP contribution is -2.42. The number of phenols is 1. The molecule has 0 unspecified atom stereocenters. The third-order valence-corrected chi connectivity index (χ3v) is 2.68. The number of benzene rings is 1. The number of ether oxygens (including phenoxy) is 1. The summed E-state index contributed by atoms with van der Waals surface area (Å²) in [7, 11) is 0. The first kappa shape index (κ1) is 15.7. The van der Waals surface area contributed by atoms with Crippen molar-refractivity contribution in [2.24, 2.45) is 0 Å². The zero-order valence-corrected chi connectivity index (χ0v) is 10.4. The molecule has 0 saturated heterocycles. The number of alkyl halides is 2. The fraction of sp³-hybridized carbons (Fsp3) is 0.538. The van der Waals surface area contributed by atoms with Crippen LogP contribution >= 0.6 is 0 Å². The van der Waals surface area contributed by atoms with Crippen molar-refractivity contribution in [3.05, 3.63) is 24.3 Å². The molecule has 0 aliphatic heterocycles. The minimum Gasteiger partial charge on any atom is -0.508 e. The molecule has 0 spiro atoms. The van der Waals surface area contributed by atoms with Crippen LogP contribution in [0.1, 0.15) is 12.8 Å². The molecule has 4 nitrogen and oxygen atoms in total. The van der Waals surface area contributed by atoms with Gasteiger partial charge in [0.2, 0.25) is 0 Å². The molecule has 1 rings (SSSR count). The van der Waals surface area contributed by atoms with Gasteiger partial charge in [-0.25, -0.2) is 4.39 Å². The van der Waals surface area contributed by atoms with Gasteiger partial charge in [-0.1, -0.05) is 0 Å². The van der Waals surface area contributed by atoms with Crippen LogP contribution in [0.5, 0.6) is 11.5 Å². The van der Waals surface area contributed by atoms with Crippen LogP contribution < -0.4 is 4.74 Å². The smallest absolute Gasteiger partial charge is 0.155 e. The molecule has 108 valence electrons. The Bertz CT molecular complexity index is 358. The van der Waals surface area contributed by atoms with E-state index in [1.54, 1.807) is 0 Å². The minimum absolute atomic E-state index is 0.0348. The molecule has 3 N–H and O–H groups in total. The molecule has 1 aromatic carbocycles. The van der Waals surface area contributed by atoms with Crippen LogP contribution in [0.3, 0.4) is 0 Å². The maximum Gasteiger partial charge on any atom is 0.155 e. The zero-order valence-electron chi connectivity index (χ0n) is 10.4. The number of hydrogen-bond acceptors (Lipinski definition) is 4. The second-order valence-electron chi connectivity index (χ2n) is 4.19. The van der Waals surface area contributed by atoms with Crippen molar-refractivity contribution in [2.45, 2.75) is 31.2 Å². The van der Waals surface area contributed by atoms with Crippen molar-refractivity contribution in [3.8, 4) is 11.5 Å². The molecule has 0 bridgehead atoms. The van der Waals surface area contributed by atoms with E-state index in [0.717, 1.165) is 0 Å². The summed E-state index contributed by atoms with van der Waals surface area (Å²) in [4.78, 5) is 0. The molecule has 1 aromatic rings. The highest BCUT2D eigenvalue weighted by Gasteiger charge is 2.27. The Morgan fingerprint density at radius 3 is 2.26 bits per heavy atom. The zero-order chi connectivity index (χ0) is 14.3. The Morgan fingerprint density at radius 2 is 1.74 bits per heavy atom. The summed E-state index contributed by atoms with van der Waals surface area (Å²) in [5.74, 6) is 0.296. The Balaban J connectivity index is 2.58. The van der Waals surface area contributed by atoms with Crippen LogP contribution in [0, 0.1) is 0 Å². The summed E-state index contributed by atoms with van der Waals surface area (Å²) in [5, 5.41) is 28.4. The van der Waals surface area contributed by atoms with E-state index in [2.05, 4.69) is 0 Å². The van der Waals surface area contributed by atoms with Crippen LogP contribution in [0.2, 0.25) is 0 Å². The Kier molecular flexibility index (Phi) is 6.52. The van der Waals surface area contributed by atoms with Gasteiger partial charge in [-0.15, -0.1) is 0 Å². The first-order valence-corrected chi connectivity index (χ1v) is 6.02. The number of aromatic hydroxyl groups is 1. The monoisotopic (exact) mass is 276 g/mol. The number of aliphatic hydroxyl groups is 2. The number of phenolic OH excluding ortho intramolecular Hbond substituents is 1. The summed E-state index contributed by atoms with van der Waals surface area (Å²) in [6, 6.07) is 5.55. The van der Waals surface area contributed by atoms with E-state index in [0.29, 0.717) is 0 Å². The maximum absolute atomic E-state index is 12.8. The summed E-state index contributed by atoms with van der Waals surface area (Å²) in [6.45, 7) is -1.60. The fourth-order valence-corrected chi connectivity index (χ4v) is 1.60. The average molecular weight is 276 g/mol. The van der Waals surface area contributed by atoms with Crippen molar-refractivity contribution in [2.75, 3.05) is 13.3 Å². The molecule has 0 amide bonds. The predicted octanol–water partition coefficient (Wildman–Crippen LogP) is 1.58. The maximum atomic E-state index is 12.8. The SMILES string of the molecule is Oc1ccc(O[C@@H](CF)[C@H](O)[C@@H](O)CCCF)cc1. The Hall–Kier alpha value is -1.40. The summed E-state index contributed by atoms with van der Waals surface area (Å²) >= 11 is 0. The van der Waals surface area contributed by atoms with Crippen molar-refractivity contribution < 1.29 is 28.8 Å². The van der Waals surface area contributed by atoms with E-state index in [4.69, 9.17) is 9.84 Å². The van der Waals surface area contributed by atoms with Gasteiger partial charge in [-0.05, 0) is 37.1 Å². The molecule has 0 heterocycles. The lowest BCUT2D eigenvalue weighted by atomic mass is 10.0. The van der Waals surface area contributed by atoms with E-state index in [1.165, 1.54) is 24.3 Å². The number of aliphatic hydroxyl groups excluding tert-OH is 2. The summed E-state index contributed by atoms with van der Waals surface area (Å²) in [5.41, 5.74) is 0. The van der Waals surface area contributed by atoms with Gasteiger partial charge in [0.15, 0.2) is 6.10 Å². The van der Waals surface area contributed by atoms with Gasteiger partial charge in [0, 0.05) is 0 Å². The van der Waals surface area contributed by atoms with E-state index >= 15 is 0 Å². The van der Waals surface area contributed by atoms with E-state index in [1.807, 2.05) is 0 Å². The van der Waals surface area contributed by atoms with Crippen molar-refractivity contribution in [1.82, 2.24) is 0 Å². The largest absolute Gasteiger partial charge is 0.508 e. The highest BCUT2D eigenvalue weighted by atomic mass is 19.1. The minimum atomic E-state index is -1.44. The van der Waals surface area contributed by atoms with E-state index in [9.17, 15) is 19.0 Å². The van der Waals surface area contributed by atoms with Gasteiger partial charge < -0.3 is 20.1 Å². The van der Waals surface area contributed by atoms with E-state index in [-0.39, 0.29) is 24.3 Å². The second kappa shape index (κ2) is 7.91. The molecule has 6 heteroatoms. The van der Waals surface area contributed by atoms with Gasteiger partial charge in [0.05, 0.1) is 12.8 Å². The summed E-state index contributed by atoms with van der Waals surface area (Å²) in [6.07, 6.45) is -3.79. The third-order valence-electron chi connectivity index (χ3n) is 2.68. The average Bonchev–Trinajstić information content (AvgIpc) is 2.43. The standard InChI is InChI=1S/C13H18F2O4/c14-7-1-2-11(17)13(18)12(8-15)19-10-5-3-9(16)4-6-10/h3-6,11-13,16-18H,1-2,7-8H2/t11-,12-,13+/m0/s1. The highest BCUT2D eigenvalue weighted by molar-refractivity contribution is 5.30. The molecular formula is C13H18F2O4. The summed E-state index contributed by atoms with van der Waals surface area (Å²) < 4.78 is 30.0. The van der Waals surface area contributed by atoms with Crippen LogP contribution in [0.4, 0.5) is 8.78 Å². The molecular weight excluding hydrogens is 258 g/mol. The molecule has 19 heavy (non-hydrogen) atoms. The molecule has 3 atom stereocenters. The molecule has 0 saturated carbocycles. The Morgan fingerprint density at radius 1 is 1.11 bits per heavy atom. The lowest BCUT2D eigenvalue weighted by Gasteiger charge is -2.25. The first-order valence-electron chi connectivity index (χ1n) is 6.02. The fourth-order valence-electron chi connectivity index (χ4n) is 1.60. The molecule has 0 radical (unpaired) electrons. The Labute approximate surface area is 110 Å². The second-order valence-corrected chi connectivity index (χ2v) is 4.19. The molecule has 0 aliphatic carbocycles. The quantitative estimate of drug-likeness (QED) is 0.674. The normalized spacial score (nSPS) is 15.8. The lowest BCUT2D eigenvalue weighted by molar-refractivity contribution is -0.0592. The predicted molar refractivity (Wildman–Crippen MR) is 65.7 cm³/mol. The van der Waals surface area contributed by atoms with Crippen LogP contribution in [-0.4, -0.2) is 47.0 Å². The number of hydrogen-bond donors (Lipinski definition) is 3.